The van der Waals surface area contributed by atoms with Gasteiger partial charge in [0.2, 0.25) is 0 Å². The van der Waals surface area contributed by atoms with Crippen molar-refractivity contribution < 1.29 is 4.39 Å². The zero-order chi connectivity index (χ0) is 10.7. The molecule has 0 amide bonds. The monoisotopic (exact) mass is 213 g/mol. The first-order chi connectivity index (χ1) is 6.50. The van der Waals surface area contributed by atoms with E-state index in [0.29, 0.717) is 11.4 Å². The summed E-state index contributed by atoms with van der Waals surface area (Å²) in [4.78, 5) is 0. The van der Waals surface area contributed by atoms with E-state index < -0.39 is 0 Å². The van der Waals surface area contributed by atoms with Crippen LogP contribution >= 0.6 is 11.6 Å². The van der Waals surface area contributed by atoms with E-state index in [0.717, 1.165) is 11.1 Å². The molecule has 0 saturated heterocycles. The fourth-order valence-corrected chi connectivity index (χ4v) is 1.59. The van der Waals surface area contributed by atoms with E-state index in [1.165, 1.54) is 12.1 Å². The number of nitrogens with two attached hydrogens (primary N) is 1. The number of hydrogen-bond donors (Lipinski definition) is 1. The van der Waals surface area contributed by atoms with E-state index in [2.05, 4.69) is 6.58 Å². The van der Waals surface area contributed by atoms with Crippen LogP contribution in [0.2, 0.25) is 5.02 Å². The highest BCUT2D eigenvalue weighted by Crippen LogP contribution is 2.25. The largest absolute Gasteiger partial charge is 0.324 e. The second-order valence-corrected chi connectivity index (χ2v) is 3.84. The smallest absolute Gasteiger partial charge is 0.124 e. The zero-order valence-corrected chi connectivity index (χ0v) is 8.81. The Morgan fingerprint density at radius 3 is 2.79 bits per heavy atom. The topological polar surface area (TPSA) is 26.0 Å². The van der Waals surface area contributed by atoms with Crippen LogP contribution in [0.1, 0.15) is 24.9 Å². The third-order valence-electron chi connectivity index (χ3n) is 1.93. The predicted molar refractivity (Wildman–Crippen MR) is 57.8 cm³/mol. The third kappa shape index (κ3) is 2.82. The van der Waals surface area contributed by atoms with Gasteiger partial charge in [0.05, 0.1) is 0 Å². The van der Waals surface area contributed by atoms with Crippen LogP contribution in [0.3, 0.4) is 0 Å². The van der Waals surface area contributed by atoms with Crippen molar-refractivity contribution in [1.29, 1.82) is 0 Å². The Morgan fingerprint density at radius 2 is 2.29 bits per heavy atom. The van der Waals surface area contributed by atoms with E-state index in [-0.39, 0.29) is 11.9 Å². The maximum atomic E-state index is 12.7. The van der Waals surface area contributed by atoms with Gasteiger partial charge < -0.3 is 5.73 Å². The van der Waals surface area contributed by atoms with Crippen LogP contribution in [0.15, 0.2) is 30.4 Å². The Bertz CT molecular complexity index is 349. The molecule has 3 heteroatoms. The van der Waals surface area contributed by atoms with Crippen molar-refractivity contribution in [3.8, 4) is 0 Å². The van der Waals surface area contributed by atoms with E-state index in [9.17, 15) is 4.39 Å². The molecule has 0 fully saturated rings. The van der Waals surface area contributed by atoms with Crippen LogP contribution in [0, 0.1) is 5.82 Å². The molecule has 14 heavy (non-hydrogen) atoms. The van der Waals surface area contributed by atoms with Gasteiger partial charge in [-0.2, -0.15) is 0 Å². The highest BCUT2D eigenvalue weighted by molar-refractivity contribution is 6.31. The summed E-state index contributed by atoms with van der Waals surface area (Å²) in [6.07, 6.45) is 0.658. The van der Waals surface area contributed by atoms with Gasteiger partial charge in [-0.05, 0) is 31.0 Å². The molecule has 0 bridgehead atoms. The molecule has 1 aromatic carbocycles. The van der Waals surface area contributed by atoms with Crippen LogP contribution in [0.5, 0.6) is 0 Å². The average Bonchev–Trinajstić information content (AvgIpc) is 2.01. The molecule has 0 aromatic heterocycles. The van der Waals surface area contributed by atoms with E-state index >= 15 is 0 Å². The Morgan fingerprint density at radius 1 is 1.64 bits per heavy atom. The maximum absolute atomic E-state index is 12.7. The first-order valence-electron chi connectivity index (χ1n) is 4.35. The summed E-state index contributed by atoms with van der Waals surface area (Å²) in [5, 5.41) is 0.374. The molecule has 2 N–H and O–H groups in total. The number of benzene rings is 1. The van der Waals surface area contributed by atoms with Gasteiger partial charge in [-0.15, -0.1) is 6.58 Å². The highest BCUT2D eigenvalue weighted by Gasteiger charge is 2.10. The molecule has 0 saturated carbocycles. The molecular formula is C11H13ClFN. The molecule has 1 rings (SSSR count). The van der Waals surface area contributed by atoms with Crippen LogP contribution in [0.4, 0.5) is 4.39 Å². The molecule has 0 spiro atoms. The summed E-state index contributed by atoms with van der Waals surface area (Å²) in [5.41, 5.74) is 7.62. The molecule has 0 radical (unpaired) electrons. The number of hydrogen-bond acceptors (Lipinski definition) is 1. The zero-order valence-electron chi connectivity index (χ0n) is 8.06. The lowest BCUT2D eigenvalue weighted by atomic mass is 10.0. The SMILES string of the molecule is C=C(C)CC(N)c1ccc(F)cc1Cl. The molecule has 0 heterocycles. The molecule has 0 aliphatic heterocycles. The molecule has 1 unspecified atom stereocenters. The van der Waals surface area contributed by atoms with Gasteiger partial charge in [-0.25, -0.2) is 4.39 Å². The van der Waals surface area contributed by atoms with E-state index in [1.807, 2.05) is 6.92 Å². The highest BCUT2D eigenvalue weighted by atomic mass is 35.5. The third-order valence-corrected chi connectivity index (χ3v) is 2.26. The minimum Gasteiger partial charge on any atom is -0.324 e. The van der Waals surface area contributed by atoms with Crippen molar-refractivity contribution in [3.63, 3.8) is 0 Å². The molecule has 1 atom stereocenters. The lowest BCUT2D eigenvalue weighted by molar-refractivity contribution is 0.624. The Kier molecular flexibility index (Phi) is 3.67. The maximum Gasteiger partial charge on any atom is 0.124 e. The number of rotatable bonds is 3. The van der Waals surface area contributed by atoms with E-state index in [1.54, 1.807) is 6.07 Å². The minimum atomic E-state index is -0.346. The van der Waals surface area contributed by atoms with Gasteiger partial charge in [0, 0.05) is 11.1 Å². The fraction of sp³-hybridized carbons (Fsp3) is 0.273. The normalized spacial score (nSPS) is 12.6. The summed E-state index contributed by atoms with van der Waals surface area (Å²) in [6.45, 7) is 5.67. The van der Waals surface area contributed by atoms with Crippen molar-refractivity contribution in [3.05, 3.63) is 46.8 Å². The molecule has 0 aliphatic rings. The minimum absolute atomic E-state index is 0.208. The second kappa shape index (κ2) is 4.58. The summed E-state index contributed by atoms with van der Waals surface area (Å²) in [7, 11) is 0. The number of halogens is 2. The van der Waals surface area contributed by atoms with Crippen molar-refractivity contribution >= 4 is 11.6 Å². The summed E-state index contributed by atoms with van der Waals surface area (Å²) >= 11 is 5.86. The molecule has 0 aliphatic carbocycles. The van der Waals surface area contributed by atoms with Crippen LogP contribution < -0.4 is 5.73 Å². The van der Waals surface area contributed by atoms with Crippen LogP contribution in [-0.4, -0.2) is 0 Å². The quantitative estimate of drug-likeness (QED) is 0.765. The van der Waals surface area contributed by atoms with Gasteiger partial charge in [-0.3, -0.25) is 0 Å². The summed E-state index contributed by atoms with van der Waals surface area (Å²) in [5.74, 6) is -0.346. The Balaban J connectivity index is 2.90. The van der Waals surface area contributed by atoms with Crippen molar-refractivity contribution in [2.75, 3.05) is 0 Å². The lowest BCUT2D eigenvalue weighted by Gasteiger charge is -2.13. The average molecular weight is 214 g/mol. The van der Waals surface area contributed by atoms with Gasteiger partial charge in [0.1, 0.15) is 5.82 Å². The van der Waals surface area contributed by atoms with E-state index in [4.69, 9.17) is 17.3 Å². The molecule has 76 valence electrons. The first-order valence-corrected chi connectivity index (χ1v) is 4.73. The fourth-order valence-electron chi connectivity index (χ4n) is 1.29. The van der Waals surface area contributed by atoms with Crippen molar-refractivity contribution in [2.45, 2.75) is 19.4 Å². The molecular weight excluding hydrogens is 201 g/mol. The lowest BCUT2D eigenvalue weighted by Crippen LogP contribution is -2.11. The van der Waals surface area contributed by atoms with Gasteiger partial charge in [-0.1, -0.05) is 23.2 Å². The van der Waals surface area contributed by atoms with Crippen molar-refractivity contribution in [1.82, 2.24) is 0 Å². The van der Waals surface area contributed by atoms with Crippen LogP contribution in [-0.2, 0) is 0 Å². The first kappa shape index (κ1) is 11.2. The Labute approximate surface area is 88.4 Å². The molecule has 1 aromatic rings. The van der Waals surface area contributed by atoms with Crippen molar-refractivity contribution in [2.24, 2.45) is 5.73 Å². The standard InChI is InChI=1S/C11H13ClFN/c1-7(2)5-11(14)9-4-3-8(13)6-10(9)12/h3-4,6,11H,1,5,14H2,2H3. The Hall–Kier alpha value is -0.860. The predicted octanol–water partition coefficient (Wildman–Crippen LogP) is 3.45. The van der Waals surface area contributed by atoms with Gasteiger partial charge in [0.25, 0.3) is 0 Å². The summed E-state index contributed by atoms with van der Waals surface area (Å²) < 4.78 is 12.7. The molecule has 1 nitrogen and oxygen atoms in total. The van der Waals surface area contributed by atoms with Gasteiger partial charge >= 0.3 is 0 Å². The van der Waals surface area contributed by atoms with Gasteiger partial charge in [0.15, 0.2) is 0 Å². The van der Waals surface area contributed by atoms with Crippen LogP contribution in [0.25, 0.3) is 0 Å². The second-order valence-electron chi connectivity index (χ2n) is 3.43. The summed E-state index contributed by atoms with van der Waals surface area (Å²) in [6, 6.07) is 4.04.